The van der Waals surface area contributed by atoms with Crippen LogP contribution in [0.25, 0.3) is 11.3 Å². The number of hydrogen-bond donors (Lipinski definition) is 1. The Hall–Kier alpha value is -4.11. The van der Waals surface area contributed by atoms with Gasteiger partial charge in [-0.1, -0.05) is 24.3 Å². The van der Waals surface area contributed by atoms with Gasteiger partial charge in [0.05, 0.1) is 27.9 Å². The lowest BCUT2D eigenvalue weighted by atomic mass is 9.89. The number of rotatable bonds is 6. The molecular formula is C28H23FN4O3S. The van der Waals surface area contributed by atoms with Gasteiger partial charge in [0.1, 0.15) is 5.82 Å². The summed E-state index contributed by atoms with van der Waals surface area (Å²) in [6.45, 7) is 0.812. The van der Waals surface area contributed by atoms with Gasteiger partial charge in [-0.3, -0.25) is 24.0 Å². The molecule has 0 radical (unpaired) electrons. The number of nitrogens with zero attached hydrogens (tertiary/aromatic N) is 3. The molecule has 6 rings (SSSR count). The molecule has 7 nitrogen and oxygen atoms in total. The third-order valence-electron chi connectivity index (χ3n) is 7.04. The lowest BCUT2D eigenvalue weighted by molar-refractivity contribution is 0.0643. The molecule has 0 spiro atoms. The molecule has 2 aliphatic rings. The van der Waals surface area contributed by atoms with Crippen LogP contribution in [0.4, 0.5) is 4.39 Å². The molecule has 4 aromatic rings. The van der Waals surface area contributed by atoms with Gasteiger partial charge in [0.2, 0.25) is 0 Å². The fourth-order valence-electron chi connectivity index (χ4n) is 5.33. The SMILES string of the molecule is NC(=O)c1cc2c(s1)CCCn1ncc([C@H](Cc3cccc(F)c3)CN3C(=O)c4ccccc4C3=O)c1-2. The van der Waals surface area contributed by atoms with E-state index in [0.717, 1.165) is 40.1 Å². The molecule has 2 aromatic heterocycles. The minimum Gasteiger partial charge on any atom is -0.365 e. The van der Waals surface area contributed by atoms with E-state index >= 15 is 0 Å². The molecule has 0 saturated heterocycles. The number of nitrogens with two attached hydrogens (primary N) is 1. The standard InChI is InChI=1S/C28H23FN4O3S/c29-18-6-3-5-16(12-18)11-17(15-32-27(35)19-7-1-2-8-20(19)28(32)36)22-14-31-33-10-4-9-23-21(25(22)33)13-24(37-23)26(30)34/h1-3,5-8,12-14,17H,4,9-11,15H2,(H2,30,34)/t17-/m1/s1. The van der Waals surface area contributed by atoms with Crippen LogP contribution in [0.5, 0.6) is 0 Å². The second kappa shape index (κ2) is 9.08. The highest BCUT2D eigenvalue weighted by Crippen LogP contribution is 2.40. The van der Waals surface area contributed by atoms with Crippen molar-refractivity contribution in [3.63, 3.8) is 0 Å². The fourth-order valence-corrected chi connectivity index (χ4v) is 6.39. The lowest BCUT2D eigenvalue weighted by Crippen LogP contribution is -2.34. The van der Waals surface area contributed by atoms with E-state index in [1.807, 2.05) is 16.8 Å². The summed E-state index contributed by atoms with van der Waals surface area (Å²) in [6, 6.07) is 15.0. The minimum atomic E-state index is -0.479. The summed E-state index contributed by atoms with van der Waals surface area (Å²) in [6.07, 6.45) is 3.82. The van der Waals surface area contributed by atoms with Crippen LogP contribution >= 0.6 is 11.3 Å². The Balaban J connectivity index is 1.45. The van der Waals surface area contributed by atoms with Gasteiger partial charge in [0.25, 0.3) is 17.7 Å². The Bertz CT molecular complexity index is 1540. The first kappa shape index (κ1) is 23.3. The monoisotopic (exact) mass is 514 g/mol. The smallest absolute Gasteiger partial charge is 0.261 e. The zero-order valence-corrected chi connectivity index (χ0v) is 20.6. The largest absolute Gasteiger partial charge is 0.365 e. The van der Waals surface area contributed by atoms with E-state index in [1.165, 1.54) is 28.4 Å². The van der Waals surface area contributed by atoms with Crippen LogP contribution in [0.1, 0.15) is 58.7 Å². The summed E-state index contributed by atoms with van der Waals surface area (Å²) < 4.78 is 16.0. The summed E-state index contributed by atoms with van der Waals surface area (Å²) in [7, 11) is 0. The van der Waals surface area contributed by atoms with E-state index in [9.17, 15) is 18.8 Å². The summed E-state index contributed by atoms with van der Waals surface area (Å²) in [5.74, 6) is -1.86. The number of aryl methyl sites for hydroxylation is 2. The third kappa shape index (κ3) is 4.05. The number of amides is 3. The summed E-state index contributed by atoms with van der Waals surface area (Å²) in [5, 5.41) is 4.64. The van der Waals surface area contributed by atoms with Gasteiger partial charge in [-0.15, -0.1) is 11.3 Å². The molecule has 0 fully saturated rings. The molecule has 4 heterocycles. The molecule has 37 heavy (non-hydrogen) atoms. The molecule has 0 unspecified atom stereocenters. The van der Waals surface area contributed by atoms with Crippen molar-refractivity contribution in [3.8, 4) is 11.3 Å². The predicted molar refractivity (Wildman–Crippen MR) is 137 cm³/mol. The van der Waals surface area contributed by atoms with Gasteiger partial charge in [-0.25, -0.2) is 4.39 Å². The van der Waals surface area contributed by atoms with Crippen molar-refractivity contribution >= 4 is 29.1 Å². The number of fused-ring (bicyclic) bond motifs is 4. The van der Waals surface area contributed by atoms with E-state index < -0.39 is 5.91 Å². The Labute approximate surface area is 216 Å². The highest BCUT2D eigenvalue weighted by Gasteiger charge is 2.38. The topological polar surface area (TPSA) is 98.3 Å². The number of primary amides is 1. The maximum absolute atomic E-state index is 14.1. The normalized spacial score (nSPS) is 15.2. The maximum atomic E-state index is 14.1. The highest BCUT2D eigenvalue weighted by atomic mass is 32.1. The van der Waals surface area contributed by atoms with Gasteiger partial charge < -0.3 is 5.73 Å². The minimum absolute atomic E-state index is 0.115. The van der Waals surface area contributed by atoms with E-state index in [0.29, 0.717) is 29.0 Å². The van der Waals surface area contributed by atoms with Crippen LogP contribution < -0.4 is 5.73 Å². The first-order chi connectivity index (χ1) is 17.9. The molecule has 186 valence electrons. The molecule has 3 amide bonds. The number of aromatic nitrogens is 2. The third-order valence-corrected chi connectivity index (χ3v) is 8.25. The summed E-state index contributed by atoms with van der Waals surface area (Å²) in [5.41, 5.74) is 9.71. The first-order valence-electron chi connectivity index (χ1n) is 12.1. The molecule has 2 aromatic carbocycles. The van der Waals surface area contributed by atoms with Crippen molar-refractivity contribution < 1.29 is 18.8 Å². The van der Waals surface area contributed by atoms with Crippen molar-refractivity contribution in [1.82, 2.24) is 14.7 Å². The van der Waals surface area contributed by atoms with E-state index in [2.05, 4.69) is 5.10 Å². The quantitative estimate of drug-likeness (QED) is 0.385. The molecule has 0 saturated carbocycles. The molecule has 1 atom stereocenters. The number of carbonyl (C=O) groups is 3. The van der Waals surface area contributed by atoms with Gasteiger partial charge in [0, 0.05) is 35.0 Å². The van der Waals surface area contributed by atoms with Crippen LogP contribution in [-0.2, 0) is 19.4 Å². The number of halogens is 1. The first-order valence-corrected chi connectivity index (χ1v) is 12.9. The number of benzene rings is 2. The Morgan fingerprint density at radius 3 is 2.51 bits per heavy atom. The number of carbonyl (C=O) groups excluding carboxylic acids is 3. The second-order valence-electron chi connectivity index (χ2n) is 9.38. The number of imide groups is 1. The Kier molecular flexibility index (Phi) is 5.72. The lowest BCUT2D eigenvalue weighted by Gasteiger charge is -2.23. The molecule has 2 aliphatic heterocycles. The van der Waals surface area contributed by atoms with Crippen LogP contribution in [-0.4, -0.2) is 38.9 Å². The molecular weight excluding hydrogens is 491 g/mol. The van der Waals surface area contributed by atoms with Crippen molar-refractivity contribution in [2.45, 2.75) is 31.7 Å². The maximum Gasteiger partial charge on any atom is 0.261 e. The van der Waals surface area contributed by atoms with E-state index in [-0.39, 0.29) is 30.1 Å². The fraction of sp³-hybridized carbons (Fsp3) is 0.214. The zero-order valence-electron chi connectivity index (χ0n) is 19.8. The van der Waals surface area contributed by atoms with Gasteiger partial charge in [-0.2, -0.15) is 5.10 Å². The molecule has 2 N–H and O–H groups in total. The highest BCUT2D eigenvalue weighted by molar-refractivity contribution is 7.14. The second-order valence-corrected chi connectivity index (χ2v) is 10.5. The van der Waals surface area contributed by atoms with E-state index in [1.54, 1.807) is 36.5 Å². The van der Waals surface area contributed by atoms with Crippen molar-refractivity contribution in [1.29, 1.82) is 0 Å². The number of thiophene rings is 1. The number of hydrogen-bond acceptors (Lipinski definition) is 5. The predicted octanol–water partition coefficient (Wildman–Crippen LogP) is 4.42. The average molecular weight is 515 g/mol. The van der Waals surface area contributed by atoms with Crippen molar-refractivity contribution in [2.75, 3.05) is 6.54 Å². The average Bonchev–Trinajstić information content (AvgIpc) is 3.52. The molecule has 0 bridgehead atoms. The zero-order chi connectivity index (χ0) is 25.7. The summed E-state index contributed by atoms with van der Waals surface area (Å²) in [4.78, 5) is 41.2. The van der Waals surface area contributed by atoms with E-state index in [4.69, 9.17) is 5.73 Å². The van der Waals surface area contributed by atoms with Crippen LogP contribution in [0, 0.1) is 5.82 Å². The van der Waals surface area contributed by atoms with Gasteiger partial charge in [-0.05, 0) is 55.2 Å². The van der Waals surface area contributed by atoms with Crippen LogP contribution in [0.3, 0.4) is 0 Å². The van der Waals surface area contributed by atoms with Crippen LogP contribution in [0.2, 0.25) is 0 Å². The van der Waals surface area contributed by atoms with Crippen molar-refractivity contribution in [2.24, 2.45) is 5.73 Å². The van der Waals surface area contributed by atoms with Gasteiger partial charge in [0.15, 0.2) is 0 Å². The summed E-state index contributed by atoms with van der Waals surface area (Å²) >= 11 is 1.39. The van der Waals surface area contributed by atoms with Crippen molar-refractivity contribution in [3.05, 3.63) is 98.6 Å². The van der Waals surface area contributed by atoms with Crippen LogP contribution in [0.15, 0.2) is 60.8 Å². The van der Waals surface area contributed by atoms with Gasteiger partial charge >= 0.3 is 0 Å². The Morgan fingerprint density at radius 2 is 1.81 bits per heavy atom. The molecule has 9 heteroatoms. The molecule has 0 aliphatic carbocycles. The Morgan fingerprint density at radius 1 is 1.05 bits per heavy atom.